The van der Waals surface area contributed by atoms with E-state index in [0.29, 0.717) is 43.7 Å². The fraction of sp³-hybridized carbons (Fsp3) is 0.233. The van der Waals surface area contributed by atoms with Crippen molar-refractivity contribution in [1.29, 1.82) is 0 Å². The van der Waals surface area contributed by atoms with Crippen LogP contribution in [0.3, 0.4) is 0 Å². The van der Waals surface area contributed by atoms with E-state index in [4.69, 9.17) is 44.6 Å². The zero-order chi connectivity index (χ0) is 28.6. The molecule has 2 atom stereocenters. The first-order valence-corrected chi connectivity index (χ1v) is 13.8. The van der Waals surface area contributed by atoms with Crippen molar-refractivity contribution in [1.82, 2.24) is 10.3 Å². The molecule has 0 spiro atoms. The predicted octanol–water partition coefficient (Wildman–Crippen LogP) is 7.82. The highest BCUT2D eigenvalue weighted by atomic mass is 35.5. The predicted molar refractivity (Wildman–Crippen MR) is 163 cm³/mol. The van der Waals surface area contributed by atoms with E-state index in [0.717, 1.165) is 11.4 Å². The first-order chi connectivity index (χ1) is 19.1. The van der Waals surface area contributed by atoms with Gasteiger partial charge in [-0.25, -0.2) is 0 Å². The lowest BCUT2D eigenvalue weighted by molar-refractivity contribution is -0.123. The Kier molecular flexibility index (Phi) is 7.77. The molecule has 1 aliphatic rings. The molecule has 3 heterocycles. The van der Waals surface area contributed by atoms with Gasteiger partial charge < -0.3 is 24.7 Å². The molecule has 1 saturated heterocycles. The van der Waals surface area contributed by atoms with Crippen LogP contribution in [0.15, 0.2) is 77.3 Å². The number of pyridine rings is 1. The van der Waals surface area contributed by atoms with Crippen LogP contribution in [-0.4, -0.2) is 23.1 Å². The number of ether oxygens (including phenoxy) is 1. The topological polar surface area (TPSA) is 79.6 Å². The number of methoxy groups -OCH3 is 1. The normalized spacial score (nSPS) is 17.1. The third-order valence-corrected chi connectivity index (χ3v) is 7.76. The van der Waals surface area contributed by atoms with Gasteiger partial charge in [0.15, 0.2) is 5.11 Å². The van der Waals surface area contributed by atoms with E-state index < -0.39 is 11.5 Å². The summed E-state index contributed by atoms with van der Waals surface area (Å²) in [6, 6.07) is 19.8. The van der Waals surface area contributed by atoms with Gasteiger partial charge in [-0.15, -0.1) is 0 Å². The average molecular weight is 596 g/mol. The number of carbonyl (C=O) groups is 1. The van der Waals surface area contributed by atoms with Crippen molar-refractivity contribution in [2.75, 3.05) is 17.3 Å². The summed E-state index contributed by atoms with van der Waals surface area (Å²) in [5.41, 5.74) is 2.25. The Morgan fingerprint density at radius 1 is 1.10 bits per heavy atom. The Morgan fingerprint density at radius 3 is 2.60 bits per heavy atom. The lowest BCUT2D eigenvalue weighted by Crippen LogP contribution is -2.30. The van der Waals surface area contributed by atoms with E-state index in [2.05, 4.69) is 15.6 Å². The van der Waals surface area contributed by atoms with Gasteiger partial charge in [0, 0.05) is 28.9 Å². The van der Waals surface area contributed by atoms with Crippen molar-refractivity contribution < 1.29 is 13.9 Å². The van der Waals surface area contributed by atoms with Crippen LogP contribution in [0, 0.1) is 5.41 Å². The summed E-state index contributed by atoms with van der Waals surface area (Å²) in [5.74, 6) is 1.62. The van der Waals surface area contributed by atoms with Crippen LogP contribution in [0.1, 0.15) is 44.3 Å². The summed E-state index contributed by atoms with van der Waals surface area (Å²) in [5, 5.41) is 7.73. The zero-order valence-corrected chi connectivity index (χ0v) is 24.7. The van der Waals surface area contributed by atoms with Crippen LogP contribution in [-0.2, 0) is 4.79 Å². The molecule has 0 aliphatic carbocycles. The fourth-order valence-electron chi connectivity index (χ4n) is 4.52. The summed E-state index contributed by atoms with van der Waals surface area (Å²) in [7, 11) is 1.56. The van der Waals surface area contributed by atoms with E-state index in [1.54, 1.807) is 19.4 Å². The Labute approximate surface area is 248 Å². The lowest BCUT2D eigenvalue weighted by Gasteiger charge is -2.27. The number of thiocarbonyl (C=S) groups is 1. The van der Waals surface area contributed by atoms with Gasteiger partial charge in [0.25, 0.3) is 0 Å². The Hall–Kier alpha value is -3.59. The molecule has 206 valence electrons. The number of carbonyl (C=O) groups excluding carboxylic acids is 1. The van der Waals surface area contributed by atoms with Gasteiger partial charge in [-0.05, 0) is 60.7 Å². The molecular weight excluding hydrogens is 567 g/mol. The van der Waals surface area contributed by atoms with E-state index in [1.165, 1.54) is 0 Å². The number of benzene rings is 2. The second-order valence-electron chi connectivity index (χ2n) is 10.4. The fourth-order valence-corrected chi connectivity index (χ4v) is 5.25. The van der Waals surface area contributed by atoms with Crippen LogP contribution in [0.25, 0.3) is 11.3 Å². The van der Waals surface area contributed by atoms with E-state index in [9.17, 15) is 4.79 Å². The van der Waals surface area contributed by atoms with Crippen LogP contribution < -0.4 is 20.3 Å². The van der Waals surface area contributed by atoms with E-state index in [-0.39, 0.29) is 11.9 Å². The number of rotatable bonds is 6. The number of halogens is 2. The second-order valence-corrected chi connectivity index (χ2v) is 11.6. The van der Waals surface area contributed by atoms with E-state index >= 15 is 0 Å². The Morgan fingerprint density at radius 2 is 1.90 bits per heavy atom. The number of nitrogens with one attached hydrogen (secondary N) is 2. The number of furan rings is 1. The quantitative estimate of drug-likeness (QED) is 0.220. The van der Waals surface area contributed by atoms with Crippen molar-refractivity contribution in [3.63, 3.8) is 0 Å². The van der Waals surface area contributed by atoms with Gasteiger partial charge in [-0.2, -0.15) is 0 Å². The van der Waals surface area contributed by atoms with Gasteiger partial charge in [0.1, 0.15) is 23.3 Å². The molecule has 2 unspecified atom stereocenters. The summed E-state index contributed by atoms with van der Waals surface area (Å²) in [6.45, 7) is 5.57. The maximum absolute atomic E-state index is 12.7. The summed E-state index contributed by atoms with van der Waals surface area (Å²) < 4.78 is 12.1. The summed E-state index contributed by atoms with van der Waals surface area (Å²) in [4.78, 5) is 19.2. The van der Waals surface area contributed by atoms with Gasteiger partial charge in [-0.1, -0.05) is 56.1 Å². The average Bonchev–Trinajstić information content (AvgIpc) is 3.55. The summed E-state index contributed by atoms with van der Waals surface area (Å²) >= 11 is 18.6. The number of hydrogen-bond acceptors (Lipinski definition) is 5. The largest absolute Gasteiger partial charge is 0.494 e. The maximum atomic E-state index is 12.7. The van der Waals surface area contributed by atoms with Crippen LogP contribution >= 0.6 is 35.4 Å². The standard InChI is InChI=1S/C30H28Cl2N4O3S/c1-30(2,3)28(37)34-20-12-11-17(16-24(20)38-4)36-27(26(35-29(36)40)21-10-5-6-15-33-21)23-14-13-22(39-23)18-8-7-9-19(31)25(18)32/h5-16,26-27H,1-4H3,(H,34,37)(H,35,40). The van der Waals surface area contributed by atoms with Gasteiger partial charge in [-0.3, -0.25) is 9.78 Å². The molecule has 1 aliphatic heterocycles. The Bertz CT molecular complexity index is 1570. The SMILES string of the molecule is COc1cc(N2C(=S)NC(c3ccccn3)C2c2ccc(-c3cccc(Cl)c3Cl)o2)ccc1NC(=O)C(C)(C)C. The van der Waals surface area contributed by atoms with Crippen LogP contribution in [0.5, 0.6) is 5.75 Å². The van der Waals surface area contributed by atoms with Crippen molar-refractivity contribution in [2.24, 2.45) is 5.41 Å². The smallest absolute Gasteiger partial charge is 0.229 e. The molecule has 2 aromatic heterocycles. The van der Waals surface area contributed by atoms with E-state index in [1.807, 2.05) is 86.3 Å². The third-order valence-electron chi connectivity index (χ3n) is 6.63. The number of nitrogens with zero attached hydrogens (tertiary/aromatic N) is 2. The van der Waals surface area contributed by atoms with Gasteiger partial charge in [0.05, 0.1) is 34.6 Å². The van der Waals surface area contributed by atoms with Crippen LogP contribution in [0.4, 0.5) is 11.4 Å². The highest BCUT2D eigenvalue weighted by Gasteiger charge is 2.43. The minimum Gasteiger partial charge on any atom is -0.494 e. The molecule has 1 fully saturated rings. The highest BCUT2D eigenvalue weighted by molar-refractivity contribution is 7.80. The molecule has 4 aromatic rings. The maximum Gasteiger partial charge on any atom is 0.229 e. The molecule has 1 amide bonds. The monoisotopic (exact) mass is 594 g/mol. The van der Waals surface area contributed by atoms with Crippen molar-refractivity contribution in [3.8, 4) is 17.1 Å². The number of hydrogen-bond donors (Lipinski definition) is 2. The minimum atomic E-state index is -0.562. The second kappa shape index (κ2) is 11.1. The summed E-state index contributed by atoms with van der Waals surface area (Å²) in [6.07, 6.45) is 1.74. The minimum absolute atomic E-state index is 0.118. The molecule has 0 saturated carbocycles. The van der Waals surface area contributed by atoms with Crippen LogP contribution in [0.2, 0.25) is 10.0 Å². The molecule has 2 aromatic carbocycles. The number of amides is 1. The lowest BCUT2D eigenvalue weighted by atomic mass is 9.95. The van der Waals surface area contributed by atoms with Gasteiger partial charge in [0.2, 0.25) is 5.91 Å². The van der Waals surface area contributed by atoms with Crippen molar-refractivity contribution >= 4 is 57.8 Å². The molecular formula is C30H28Cl2N4O3S. The Balaban J connectivity index is 1.57. The first-order valence-electron chi connectivity index (χ1n) is 12.6. The van der Waals surface area contributed by atoms with Crippen molar-refractivity contribution in [3.05, 3.63) is 94.4 Å². The first kappa shape index (κ1) is 28.0. The number of aromatic nitrogens is 1. The third kappa shape index (κ3) is 5.39. The molecule has 0 radical (unpaired) electrons. The zero-order valence-electron chi connectivity index (χ0n) is 22.4. The molecule has 40 heavy (non-hydrogen) atoms. The molecule has 7 nitrogen and oxygen atoms in total. The highest BCUT2D eigenvalue weighted by Crippen LogP contribution is 2.45. The number of anilines is 2. The van der Waals surface area contributed by atoms with Crippen molar-refractivity contribution in [2.45, 2.75) is 32.9 Å². The molecule has 0 bridgehead atoms. The molecule has 5 rings (SSSR count). The molecule has 10 heteroatoms. The molecule has 2 N–H and O–H groups in total. The van der Waals surface area contributed by atoms with Gasteiger partial charge >= 0.3 is 0 Å².